The first-order valence-electron chi connectivity index (χ1n) is 8.61. The molecule has 4 aromatic rings. The summed E-state index contributed by atoms with van der Waals surface area (Å²) in [6.45, 7) is -0.325. The number of nitrogens with zero attached hydrogens (tertiary/aromatic N) is 1. The van der Waals surface area contributed by atoms with Crippen molar-refractivity contribution in [3.05, 3.63) is 72.2 Å². The fourth-order valence-corrected chi connectivity index (χ4v) is 3.43. The van der Waals surface area contributed by atoms with Gasteiger partial charge >= 0.3 is 0 Å². The number of rotatable bonds is 6. The number of fused-ring (bicyclic) bond motifs is 1. The van der Waals surface area contributed by atoms with Crippen molar-refractivity contribution in [2.75, 3.05) is 17.2 Å². The van der Waals surface area contributed by atoms with Gasteiger partial charge in [-0.2, -0.15) is 0 Å². The summed E-state index contributed by atoms with van der Waals surface area (Å²) in [6, 6.07) is 11.6. The molecule has 0 fully saturated rings. The minimum absolute atomic E-state index is 0.163. The Morgan fingerprint density at radius 3 is 2.70 bits per heavy atom. The number of ether oxygens (including phenoxy) is 1. The Morgan fingerprint density at radius 2 is 1.90 bits per heavy atom. The van der Waals surface area contributed by atoms with Crippen molar-refractivity contribution >= 4 is 44.2 Å². The quantitative estimate of drug-likeness (QED) is 0.473. The number of thiazole rings is 1. The average molecular weight is 429 g/mol. The smallest absolute Gasteiger partial charge is 0.291 e. The number of anilines is 2. The number of furan rings is 1. The van der Waals surface area contributed by atoms with E-state index in [1.165, 1.54) is 12.3 Å². The summed E-state index contributed by atoms with van der Waals surface area (Å²) in [5, 5.41) is 5.37. The van der Waals surface area contributed by atoms with E-state index in [0.29, 0.717) is 16.1 Å². The molecule has 2 N–H and O–H groups in total. The normalized spacial score (nSPS) is 10.7. The van der Waals surface area contributed by atoms with Crippen molar-refractivity contribution in [3.8, 4) is 5.75 Å². The predicted octanol–water partition coefficient (Wildman–Crippen LogP) is 4.44. The number of nitrogens with one attached hydrogen (secondary N) is 2. The number of carbonyl (C=O) groups is 2. The minimum Gasteiger partial charge on any atom is -0.484 e. The van der Waals surface area contributed by atoms with Crippen LogP contribution in [0.1, 0.15) is 10.6 Å². The molecule has 0 atom stereocenters. The zero-order valence-corrected chi connectivity index (χ0v) is 16.0. The topological polar surface area (TPSA) is 93.5 Å². The van der Waals surface area contributed by atoms with Crippen LogP contribution in [0, 0.1) is 11.6 Å². The van der Waals surface area contributed by atoms with Crippen molar-refractivity contribution < 1.29 is 27.5 Å². The second-order valence-corrected chi connectivity index (χ2v) is 7.08. The molecule has 4 rings (SSSR count). The van der Waals surface area contributed by atoms with Crippen LogP contribution in [0.2, 0.25) is 0 Å². The van der Waals surface area contributed by atoms with Gasteiger partial charge in [-0.05, 0) is 30.3 Å². The number of benzene rings is 2. The van der Waals surface area contributed by atoms with Gasteiger partial charge in [0, 0.05) is 17.8 Å². The average Bonchev–Trinajstić information content (AvgIpc) is 3.37. The van der Waals surface area contributed by atoms with E-state index in [2.05, 4.69) is 15.6 Å². The number of aromatic nitrogens is 1. The number of amides is 2. The molecular formula is C20H13F2N3O4S. The summed E-state index contributed by atoms with van der Waals surface area (Å²) < 4.78 is 37.4. The van der Waals surface area contributed by atoms with Gasteiger partial charge in [-0.25, -0.2) is 13.8 Å². The molecule has 30 heavy (non-hydrogen) atoms. The van der Waals surface area contributed by atoms with Gasteiger partial charge in [0.2, 0.25) is 0 Å². The summed E-state index contributed by atoms with van der Waals surface area (Å²) in [5.74, 6) is -2.38. The van der Waals surface area contributed by atoms with Crippen molar-refractivity contribution in [2.45, 2.75) is 0 Å². The number of carbonyl (C=O) groups excluding carboxylic acids is 2. The predicted molar refractivity (Wildman–Crippen MR) is 107 cm³/mol. The third-order valence-electron chi connectivity index (χ3n) is 3.88. The standard InChI is InChI=1S/C20H13F2N3O4S/c21-13-8-15-17(9-14(13)22)30-20(24-15)25-18(26)10-29-12-4-1-3-11(7-12)23-19(27)16-5-2-6-28-16/h1-9H,10H2,(H,23,27)(H,24,25,26). The van der Waals surface area contributed by atoms with E-state index < -0.39 is 23.4 Å². The number of hydrogen-bond acceptors (Lipinski definition) is 6. The Bertz CT molecular complexity index is 1190. The maximum Gasteiger partial charge on any atom is 0.291 e. The van der Waals surface area contributed by atoms with E-state index >= 15 is 0 Å². The van der Waals surface area contributed by atoms with Crippen molar-refractivity contribution in [1.29, 1.82) is 0 Å². The molecule has 152 valence electrons. The molecule has 0 aliphatic rings. The van der Waals surface area contributed by atoms with Gasteiger partial charge in [0.1, 0.15) is 5.75 Å². The van der Waals surface area contributed by atoms with Crippen LogP contribution in [0.5, 0.6) is 5.75 Å². The van der Waals surface area contributed by atoms with Gasteiger partial charge in [0.15, 0.2) is 29.1 Å². The number of halogens is 2. The second-order valence-electron chi connectivity index (χ2n) is 6.05. The van der Waals surface area contributed by atoms with Crippen molar-refractivity contribution in [1.82, 2.24) is 4.98 Å². The molecule has 2 heterocycles. The first-order valence-corrected chi connectivity index (χ1v) is 9.43. The Kier molecular flexibility index (Phi) is 5.40. The van der Waals surface area contributed by atoms with Gasteiger partial charge in [-0.15, -0.1) is 0 Å². The largest absolute Gasteiger partial charge is 0.484 e. The highest BCUT2D eigenvalue weighted by Gasteiger charge is 2.13. The summed E-state index contributed by atoms with van der Waals surface area (Å²) in [6.07, 6.45) is 1.39. The number of hydrogen-bond donors (Lipinski definition) is 2. The molecule has 2 amide bonds. The lowest BCUT2D eigenvalue weighted by molar-refractivity contribution is -0.118. The SMILES string of the molecule is O=C(COc1cccc(NC(=O)c2ccco2)c1)Nc1nc2cc(F)c(F)cc2s1. The molecule has 2 aromatic heterocycles. The molecule has 10 heteroatoms. The molecule has 0 saturated heterocycles. The molecule has 2 aromatic carbocycles. The Hall–Kier alpha value is -3.79. The highest BCUT2D eigenvalue weighted by Crippen LogP contribution is 2.27. The molecule has 0 bridgehead atoms. The second kappa shape index (κ2) is 8.29. The fourth-order valence-electron chi connectivity index (χ4n) is 2.55. The zero-order chi connectivity index (χ0) is 21.1. The van der Waals surface area contributed by atoms with Crippen LogP contribution in [-0.2, 0) is 4.79 Å². The summed E-state index contributed by atoms with van der Waals surface area (Å²) in [7, 11) is 0. The van der Waals surface area contributed by atoms with Crippen LogP contribution in [0.3, 0.4) is 0 Å². The Morgan fingerprint density at radius 1 is 1.07 bits per heavy atom. The molecule has 0 spiro atoms. The van der Waals surface area contributed by atoms with Gasteiger partial charge in [-0.1, -0.05) is 17.4 Å². The summed E-state index contributed by atoms with van der Waals surface area (Å²) in [4.78, 5) is 28.2. The summed E-state index contributed by atoms with van der Waals surface area (Å²) in [5.41, 5.74) is 0.708. The molecule has 0 saturated carbocycles. The van der Waals surface area contributed by atoms with E-state index in [4.69, 9.17) is 9.15 Å². The maximum atomic E-state index is 13.3. The van der Waals surface area contributed by atoms with Gasteiger partial charge in [-0.3, -0.25) is 14.9 Å². The molecule has 7 nitrogen and oxygen atoms in total. The van der Waals surface area contributed by atoms with Crippen LogP contribution in [0.25, 0.3) is 10.2 Å². The van der Waals surface area contributed by atoms with E-state index in [-0.39, 0.29) is 23.0 Å². The van der Waals surface area contributed by atoms with Crippen molar-refractivity contribution in [2.24, 2.45) is 0 Å². The first kappa shape index (κ1) is 19.5. The highest BCUT2D eigenvalue weighted by atomic mass is 32.1. The van der Waals surface area contributed by atoms with E-state index in [1.807, 2.05) is 0 Å². The fraction of sp³-hybridized carbons (Fsp3) is 0.0500. The van der Waals surface area contributed by atoms with E-state index in [0.717, 1.165) is 23.5 Å². The minimum atomic E-state index is -1.01. The Balaban J connectivity index is 1.35. The lowest BCUT2D eigenvalue weighted by atomic mass is 10.3. The van der Waals surface area contributed by atoms with E-state index in [1.54, 1.807) is 30.3 Å². The lowest BCUT2D eigenvalue weighted by Crippen LogP contribution is -2.20. The van der Waals surface area contributed by atoms with Gasteiger partial charge in [0.25, 0.3) is 11.8 Å². The van der Waals surface area contributed by atoms with Crippen molar-refractivity contribution in [3.63, 3.8) is 0 Å². The molecule has 0 aliphatic heterocycles. The Labute approximate surface area is 172 Å². The van der Waals surface area contributed by atoms with Crippen LogP contribution in [0.15, 0.2) is 59.2 Å². The van der Waals surface area contributed by atoms with Gasteiger partial charge in [0.05, 0.1) is 16.5 Å². The van der Waals surface area contributed by atoms with Crippen LogP contribution < -0.4 is 15.4 Å². The third kappa shape index (κ3) is 4.44. The molecule has 0 aliphatic carbocycles. The lowest BCUT2D eigenvalue weighted by Gasteiger charge is -2.08. The maximum absolute atomic E-state index is 13.3. The van der Waals surface area contributed by atoms with Crippen LogP contribution in [0.4, 0.5) is 19.6 Å². The highest BCUT2D eigenvalue weighted by molar-refractivity contribution is 7.22. The first-order chi connectivity index (χ1) is 14.5. The monoisotopic (exact) mass is 429 g/mol. The van der Waals surface area contributed by atoms with Crippen LogP contribution >= 0.6 is 11.3 Å². The zero-order valence-electron chi connectivity index (χ0n) is 15.1. The molecule has 0 unspecified atom stereocenters. The van der Waals surface area contributed by atoms with Gasteiger partial charge < -0.3 is 14.5 Å². The van der Waals surface area contributed by atoms with Crippen LogP contribution in [-0.4, -0.2) is 23.4 Å². The third-order valence-corrected chi connectivity index (χ3v) is 4.82. The molecule has 0 radical (unpaired) electrons. The summed E-state index contributed by atoms with van der Waals surface area (Å²) >= 11 is 1.02. The molecular weight excluding hydrogens is 416 g/mol. The van der Waals surface area contributed by atoms with E-state index in [9.17, 15) is 18.4 Å².